The lowest BCUT2D eigenvalue weighted by molar-refractivity contribution is 0.165. The highest BCUT2D eigenvalue weighted by atomic mass is 16.3. The minimum Gasteiger partial charge on any atom is -0.396 e. The molecule has 1 heteroatoms. The Morgan fingerprint density at radius 3 is 2.75 bits per heavy atom. The fourth-order valence-corrected chi connectivity index (χ4v) is 2.35. The first-order valence-electron chi connectivity index (χ1n) is 4.85. The third-order valence-corrected chi connectivity index (χ3v) is 3.17. The maximum atomic E-state index is 8.94. The quantitative estimate of drug-likeness (QED) is 0.629. The zero-order chi connectivity index (χ0) is 9.19. The van der Waals surface area contributed by atoms with Gasteiger partial charge in [-0.25, -0.2) is 0 Å². The molecule has 0 radical (unpaired) electrons. The molecule has 0 aliphatic heterocycles. The van der Waals surface area contributed by atoms with Gasteiger partial charge in [-0.3, -0.25) is 0 Å². The first kappa shape index (κ1) is 9.79. The van der Waals surface area contributed by atoms with Crippen molar-refractivity contribution in [1.29, 1.82) is 0 Å². The van der Waals surface area contributed by atoms with Crippen LogP contribution in [0.2, 0.25) is 0 Å². The predicted molar refractivity (Wildman–Crippen MR) is 52.0 cm³/mol. The fourth-order valence-electron chi connectivity index (χ4n) is 2.35. The van der Waals surface area contributed by atoms with E-state index in [0.29, 0.717) is 17.9 Å². The topological polar surface area (TPSA) is 20.2 Å². The van der Waals surface area contributed by atoms with E-state index in [1.54, 1.807) is 0 Å². The highest BCUT2D eigenvalue weighted by Crippen LogP contribution is 2.42. The van der Waals surface area contributed by atoms with Gasteiger partial charge in [-0.2, -0.15) is 0 Å². The number of hydrogen-bond donors (Lipinski definition) is 1. The van der Waals surface area contributed by atoms with Crippen LogP contribution in [-0.2, 0) is 0 Å². The molecule has 0 spiro atoms. The van der Waals surface area contributed by atoms with Gasteiger partial charge in [0, 0.05) is 6.61 Å². The molecule has 0 unspecified atom stereocenters. The van der Waals surface area contributed by atoms with E-state index in [1.807, 2.05) is 0 Å². The number of hydrogen-bond acceptors (Lipinski definition) is 1. The van der Waals surface area contributed by atoms with Gasteiger partial charge in [-0.15, -0.1) is 0 Å². The van der Waals surface area contributed by atoms with E-state index >= 15 is 0 Å². The molecule has 1 nitrogen and oxygen atoms in total. The van der Waals surface area contributed by atoms with Crippen molar-refractivity contribution in [3.8, 4) is 0 Å². The van der Waals surface area contributed by atoms with Crippen molar-refractivity contribution in [2.75, 3.05) is 6.61 Å². The molecule has 0 bridgehead atoms. The Morgan fingerprint density at radius 1 is 1.58 bits per heavy atom. The average Bonchev–Trinajstić information content (AvgIpc) is 1.97. The smallest absolute Gasteiger partial charge is 0.0436 e. The standard InChI is InChI=1S/C11H20O/c1-9-5-4-7-11(2,3)10(9)6-8-12/h5,10,12H,4,6-8H2,1-3H3/t10-/m1/s1. The van der Waals surface area contributed by atoms with Crippen molar-refractivity contribution in [2.45, 2.75) is 40.0 Å². The molecule has 1 N–H and O–H groups in total. The SMILES string of the molecule is CC1=CCCC(C)(C)[C@@H]1CCO. The molecule has 70 valence electrons. The minimum atomic E-state index is 0.319. The molecule has 0 saturated heterocycles. The van der Waals surface area contributed by atoms with Crippen LogP contribution in [0.1, 0.15) is 40.0 Å². The Kier molecular flexibility index (Phi) is 2.94. The van der Waals surface area contributed by atoms with Crippen molar-refractivity contribution in [1.82, 2.24) is 0 Å². The van der Waals surface area contributed by atoms with Crippen LogP contribution in [0.5, 0.6) is 0 Å². The molecule has 1 atom stereocenters. The van der Waals surface area contributed by atoms with Crippen LogP contribution in [0.3, 0.4) is 0 Å². The third kappa shape index (κ3) is 1.89. The molecule has 1 rings (SSSR count). The first-order valence-corrected chi connectivity index (χ1v) is 4.85. The summed E-state index contributed by atoms with van der Waals surface area (Å²) < 4.78 is 0. The van der Waals surface area contributed by atoms with Gasteiger partial charge in [-0.05, 0) is 37.5 Å². The molecular formula is C11H20O. The zero-order valence-corrected chi connectivity index (χ0v) is 8.43. The summed E-state index contributed by atoms with van der Waals surface area (Å²) in [6.45, 7) is 7.13. The Labute approximate surface area is 75.5 Å². The first-order chi connectivity index (χ1) is 5.58. The van der Waals surface area contributed by atoms with Crippen molar-refractivity contribution < 1.29 is 5.11 Å². The van der Waals surface area contributed by atoms with Gasteiger partial charge in [0.1, 0.15) is 0 Å². The van der Waals surface area contributed by atoms with Crippen LogP contribution < -0.4 is 0 Å². The number of allylic oxidation sites excluding steroid dienone is 2. The van der Waals surface area contributed by atoms with Gasteiger partial charge in [0.25, 0.3) is 0 Å². The Bertz CT molecular complexity index is 179. The fraction of sp³-hybridized carbons (Fsp3) is 0.818. The molecule has 0 heterocycles. The van der Waals surface area contributed by atoms with Crippen LogP contribution in [-0.4, -0.2) is 11.7 Å². The van der Waals surface area contributed by atoms with E-state index in [9.17, 15) is 0 Å². The Hall–Kier alpha value is -0.300. The van der Waals surface area contributed by atoms with Crippen molar-refractivity contribution in [2.24, 2.45) is 11.3 Å². The summed E-state index contributed by atoms with van der Waals surface area (Å²) in [6.07, 6.45) is 5.72. The number of rotatable bonds is 2. The summed E-state index contributed by atoms with van der Waals surface area (Å²) in [5.74, 6) is 0.594. The van der Waals surface area contributed by atoms with E-state index in [0.717, 1.165) is 6.42 Å². The molecule has 0 aromatic rings. The zero-order valence-electron chi connectivity index (χ0n) is 8.43. The lowest BCUT2D eigenvalue weighted by Crippen LogP contribution is -2.28. The maximum absolute atomic E-state index is 8.94. The third-order valence-electron chi connectivity index (χ3n) is 3.17. The Balaban J connectivity index is 2.74. The Morgan fingerprint density at radius 2 is 2.25 bits per heavy atom. The van der Waals surface area contributed by atoms with E-state index in [2.05, 4.69) is 26.8 Å². The van der Waals surface area contributed by atoms with E-state index in [1.165, 1.54) is 18.4 Å². The second-order valence-corrected chi connectivity index (χ2v) is 4.54. The van der Waals surface area contributed by atoms with Gasteiger partial charge in [0.15, 0.2) is 0 Å². The molecule has 0 saturated carbocycles. The molecule has 0 amide bonds. The van der Waals surface area contributed by atoms with Crippen molar-refractivity contribution in [3.05, 3.63) is 11.6 Å². The van der Waals surface area contributed by atoms with Gasteiger partial charge in [0.05, 0.1) is 0 Å². The molecule has 0 aromatic carbocycles. The van der Waals surface area contributed by atoms with E-state index in [4.69, 9.17) is 5.11 Å². The largest absolute Gasteiger partial charge is 0.396 e. The molecule has 1 aliphatic rings. The van der Waals surface area contributed by atoms with Gasteiger partial charge in [0.2, 0.25) is 0 Å². The summed E-state index contributed by atoms with van der Waals surface area (Å²) in [4.78, 5) is 0. The number of aliphatic hydroxyl groups excluding tert-OH is 1. The average molecular weight is 168 g/mol. The molecule has 12 heavy (non-hydrogen) atoms. The van der Waals surface area contributed by atoms with Crippen LogP contribution in [0.15, 0.2) is 11.6 Å². The monoisotopic (exact) mass is 168 g/mol. The van der Waals surface area contributed by atoms with Crippen molar-refractivity contribution >= 4 is 0 Å². The second-order valence-electron chi connectivity index (χ2n) is 4.54. The second kappa shape index (κ2) is 3.61. The lowest BCUT2D eigenvalue weighted by Gasteiger charge is -2.38. The highest BCUT2D eigenvalue weighted by Gasteiger charge is 2.31. The summed E-state index contributed by atoms with van der Waals surface area (Å²) in [7, 11) is 0. The van der Waals surface area contributed by atoms with Crippen LogP contribution in [0.4, 0.5) is 0 Å². The van der Waals surface area contributed by atoms with Crippen LogP contribution in [0.25, 0.3) is 0 Å². The van der Waals surface area contributed by atoms with Gasteiger partial charge < -0.3 is 5.11 Å². The summed E-state index contributed by atoms with van der Waals surface area (Å²) >= 11 is 0. The maximum Gasteiger partial charge on any atom is 0.0436 e. The summed E-state index contributed by atoms with van der Waals surface area (Å²) in [6, 6.07) is 0. The normalized spacial score (nSPS) is 28.3. The van der Waals surface area contributed by atoms with Crippen molar-refractivity contribution in [3.63, 3.8) is 0 Å². The van der Waals surface area contributed by atoms with Crippen LogP contribution in [0, 0.1) is 11.3 Å². The minimum absolute atomic E-state index is 0.319. The van der Waals surface area contributed by atoms with Gasteiger partial charge >= 0.3 is 0 Å². The van der Waals surface area contributed by atoms with Crippen LogP contribution >= 0.6 is 0 Å². The molecule has 0 fully saturated rings. The molecule has 1 aliphatic carbocycles. The summed E-state index contributed by atoms with van der Waals surface area (Å²) in [5, 5.41) is 8.94. The van der Waals surface area contributed by atoms with E-state index < -0.39 is 0 Å². The predicted octanol–water partition coefficient (Wildman–Crippen LogP) is 2.75. The lowest BCUT2D eigenvalue weighted by atomic mass is 9.67. The molecule has 0 aromatic heterocycles. The molecular weight excluding hydrogens is 148 g/mol. The summed E-state index contributed by atoms with van der Waals surface area (Å²) in [5.41, 5.74) is 1.86. The van der Waals surface area contributed by atoms with E-state index in [-0.39, 0.29) is 0 Å². The highest BCUT2D eigenvalue weighted by molar-refractivity contribution is 5.11. The number of aliphatic hydroxyl groups is 1. The van der Waals surface area contributed by atoms with Gasteiger partial charge in [-0.1, -0.05) is 25.5 Å².